The maximum Gasteiger partial charge on any atom is 0.119 e. The average molecular weight is 179 g/mol. The highest BCUT2D eigenvalue weighted by atomic mass is 16.5. The van der Waals surface area contributed by atoms with Gasteiger partial charge < -0.3 is 10.5 Å². The van der Waals surface area contributed by atoms with Crippen molar-refractivity contribution in [2.75, 3.05) is 6.54 Å². The number of ether oxygens (including phenoxy) is 1. The van der Waals surface area contributed by atoms with Crippen LogP contribution in [0.4, 0.5) is 0 Å². The van der Waals surface area contributed by atoms with Gasteiger partial charge in [-0.15, -0.1) is 0 Å². The lowest BCUT2D eigenvalue weighted by atomic mass is 10.1. The number of benzene rings is 1. The Labute approximate surface area is 79.7 Å². The van der Waals surface area contributed by atoms with Gasteiger partial charge in [-0.3, -0.25) is 0 Å². The number of hydrogen-bond acceptors (Lipinski definition) is 2. The fraction of sp³-hybridized carbons (Fsp3) is 0.455. The zero-order valence-electron chi connectivity index (χ0n) is 8.23. The van der Waals surface area contributed by atoms with E-state index in [1.165, 1.54) is 0 Å². The Balaban J connectivity index is 2.57. The van der Waals surface area contributed by atoms with Crippen molar-refractivity contribution in [3.8, 4) is 5.75 Å². The standard InChI is InChI=1S/C11H17NO/c1-9(2)11(8-12)13-10-6-4-3-5-7-10/h3-7,9,11H,8,12H2,1-2H3. The first-order valence-electron chi connectivity index (χ1n) is 4.66. The summed E-state index contributed by atoms with van der Waals surface area (Å²) >= 11 is 0. The molecule has 2 heteroatoms. The SMILES string of the molecule is CC(C)C(CN)Oc1ccccc1. The first kappa shape index (κ1) is 10.1. The maximum absolute atomic E-state index is 5.70. The molecule has 13 heavy (non-hydrogen) atoms. The molecule has 1 aromatic carbocycles. The first-order chi connectivity index (χ1) is 6.24. The van der Waals surface area contributed by atoms with Crippen molar-refractivity contribution in [1.29, 1.82) is 0 Å². The van der Waals surface area contributed by atoms with Crippen LogP contribution in [0.2, 0.25) is 0 Å². The molecule has 0 aliphatic carbocycles. The van der Waals surface area contributed by atoms with Gasteiger partial charge in [-0.2, -0.15) is 0 Å². The summed E-state index contributed by atoms with van der Waals surface area (Å²) in [6, 6.07) is 9.79. The molecule has 0 bridgehead atoms. The molecule has 0 radical (unpaired) electrons. The molecular weight excluding hydrogens is 162 g/mol. The molecule has 0 aliphatic heterocycles. The lowest BCUT2D eigenvalue weighted by Gasteiger charge is -2.20. The monoisotopic (exact) mass is 179 g/mol. The molecule has 0 fully saturated rings. The number of para-hydroxylation sites is 1. The Morgan fingerprint density at radius 2 is 1.85 bits per heavy atom. The molecule has 72 valence electrons. The average Bonchev–Trinajstić information content (AvgIpc) is 2.15. The topological polar surface area (TPSA) is 35.2 Å². The molecular formula is C11H17NO. The van der Waals surface area contributed by atoms with Crippen molar-refractivity contribution in [2.24, 2.45) is 11.7 Å². The van der Waals surface area contributed by atoms with Crippen molar-refractivity contribution in [2.45, 2.75) is 20.0 Å². The third-order valence-electron chi connectivity index (χ3n) is 2.01. The lowest BCUT2D eigenvalue weighted by Crippen LogP contribution is -2.31. The summed E-state index contributed by atoms with van der Waals surface area (Å²) in [7, 11) is 0. The van der Waals surface area contributed by atoms with Crippen LogP contribution in [-0.2, 0) is 0 Å². The summed E-state index contributed by atoms with van der Waals surface area (Å²) in [4.78, 5) is 0. The summed E-state index contributed by atoms with van der Waals surface area (Å²) < 4.78 is 5.70. The predicted molar refractivity (Wildman–Crippen MR) is 54.8 cm³/mol. The molecule has 1 atom stereocenters. The number of nitrogens with two attached hydrogens (primary N) is 1. The Hall–Kier alpha value is -1.02. The molecule has 1 unspecified atom stereocenters. The van der Waals surface area contributed by atoms with Gasteiger partial charge in [0, 0.05) is 6.54 Å². The summed E-state index contributed by atoms with van der Waals surface area (Å²) in [5.74, 6) is 1.34. The minimum Gasteiger partial charge on any atom is -0.489 e. The second-order valence-electron chi connectivity index (χ2n) is 3.45. The minimum absolute atomic E-state index is 0.113. The molecule has 0 saturated heterocycles. The van der Waals surface area contributed by atoms with Crippen LogP contribution in [0.15, 0.2) is 30.3 Å². The van der Waals surface area contributed by atoms with Crippen LogP contribution in [0, 0.1) is 5.92 Å². The van der Waals surface area contributed by atoms with E-state index in [9.17, 15) is 0 Å². The highest BCUT2D eigenvalue weighted by molar-refractivity contribution is 5.21. The zero-order valence-corrected chi connectivity index (χ0v) is 8.23. The highest BCUT2D eigenvalue weighted by Crippen LogP contribution is 2.14. The van der Waals surface area contributed by atoms with Gasteiger partial charge >= 0.3 is 0 Å². The van der Waals surface area contributed by atoms with Gasteiger partial charge in [0.25, 0.3) is 0 Å². The molecule has 1 rings (SSSR count). The van der Waals surface area contributed by atoms with Gasteiger partial charge in [0.15, 0.2) is 0 Å². The molecule has 2 nitrogen and oxygen atoms in total. The normalized spacial score (nSPS) is 12.9. The first-order valence-corrected chi connectivity index (χ1v) is 4.66. The van der Waals surface area contributed by atoms with Crippen LogP contribution in [0.25, 0.3) is 0 Å². The molecule has 0 aromatic heterocycles. The van der Waals surface area contributed by atoms with E-state index in [1.807, 2.05) is 30.3 Å². The zero-order chi connectivity index (χ0) is 9.68. The Morgan fingerprint density at radius 1 is 1.23 bits per heavy atom. The minimum atomic E-state index is 0.113. The molecule has 2 N–H and O–H groups in total. The van der Waals surface area contributed by atoms with Crippen LogP contribution < -0.4 is 10.5 Å². The summed E-state index contributed by atoms with van der Waals surface area (Å²) in [6.45, 7) is 4.79. The van der Waals surface area contributed by atoms with Crippen molar-refractivity contribution in [3.63, 3.8) is 0 Å². The van der Waals surface area contributed by atoms with Crippen LogP contribution in [-0.4, -0.2) is 12.6 Å². The van der Waals surface area contributed by atoms with Gasteiger partial charge in [0.05, 0.1) is 0 Å². The Morgan fingerprint density at radius 3 is 2.31 bits per heavy atom. The quantitative estimate of drug-likeness (QED) is 0.767. The fourth-order valence-electron chi connectivity index (χ4n) is 1.13. The second-order valence-corrected chi connectivity index (χ2v) is 3.45. The van der Waals surface area contributed by atoms with E-state index < -0.39 is 0 Å². The predicted octanol–water partition coefficient (Wildman–Crippen LogP) is 2.05. The van der Waals surface area contributed by atoms with Crippen LogP contribution in [0.5, 0.6) is 5.75 Å². The van der Waals surface area contributed by atoms with E-state index >= 15 is 0 Å². The third-order valence-corrected chi connectivity index (χ3v) is 2.01. The van der Waals surface area contributed by atoms with E-state index in [0.717, 1.165) is 5.75 Å². The molecule has 0 spiro atoms. The van der Waals surface area contributed by atoms with Gasteiger partial charge in [-0.25, -0.2) is 0 Å². The lowest BCUT2D eigenvalue weighted by molar-refractivity contribution is 0.159. The van der Waals surface area contributed by atoms with Gasteiger partial charge in [-0.1, -0.05) is 32.0 Å². The summed E-state index contributed by atoms with van der Waals surface area (Å²) in [5, 5.41) is 0. The summed E-state index contributed by atoms with van der Waals surface area (Å²) in [5.41, 5.74) is 5.60. The smallest absolute Gasteiger partial charge is 0.119 e. The van der Waals surface area contributed by atoms with Crippen molar-refractivity contribution in [1.82, 2.24) is 0 Å². The van der Waals surface area contributed by atoms with Crippen molar-refractivity contribution >= 4 is 0 Å². The van der Waals surface area contributed by atoms with E-state index in [0.29, 0.717) is 12.5 Å². The van der Waals surface area contributed by atoms with E-state index in [4.69, 9.17) is 10.5 Å². The molecule has 0 heterocycles. The fourth-order valence-corrected chi connectivity index (χ4v) is 1.13. The highest BCUT2D eigenvalue weighted by Gasteiger charge is 2.12. The molecule has 0 aliphatic rings. The van der Waals surface area contributed by atoms with Crippen LogP contribution in [0.3, 0.4) is 0 Å². The van der Waals surface area contributed by atoms with Gasteiger partial charge in [0.2, 0.25) is 0 Å². The number of rotatable bonds is 4. The van der Waals surface area contributed by atoms with Crippen molar-refractivity contribution < 1.29 is 4.74 Å². The molecule has 1 aromatic rings. The third kappa shape index (κ3) is 3.07. The van der Waals surface area contributed by atoms with E-state index in [-0.39, 0.29) is 6.10 Å². The van der Waals surface area contributed by atoms with Gasteiger partial charge in [-0.05, 0) is 18.1 Å². The van der Waals surface area contributed by atoms with Crippen molar-refractivity contribution in [3.05, 3.63) is 30.3 Å². The Kier molecular flexibility index (Phi) is 3.77. The maximum atomic E-state index is 5.70. The van der Waals surface area contributed by atoms with Crippen LogP contribution >= 0.6 is 0 Å². The Bertz CT molecular complexity index is 233. The van der Waals surface area contributed by atoms with E-state index in [2.05, 4.69) is 13.8 Å². The second kappa shape index (κ2) is 4.87. The largest absolute Gasteiger partial charge is 0.489 e. The molecule has 0 saturated carbocycles. The summed E-state index contributed by atoms with van der Waals surface area (Å²) in [6.07, 6.45) is 0.113. The van der Waals surface area contributed by atoms with Gasteiger partial charge in [0.1, 0.15) is 11.9 Å². The number of hydrogen-bond donors (Lipinski definition) is 1. The van der Waals surface area contributed by atoms with Crippen LogP contribution in [0.1, 0.15) is 13.8 Å². The van der Waals surface area contributed by atoms with E-state index in [1.54, 1.807) is 0 Å². The molecule has 0 amide bonds.